The topological polar surface area (TPSA) is 21.3 Å². The molecule has 2 aliphatic rings. The van der Waals surface area contributed by atoms with E-state index in [4.69, 9.17) is 4.74 Å². The van der Waals surface area contributed by atoms with Crippen LogP contribution in [0.1, 0.15) is 32.1 Å². The summed E-state index contributed by atoms with van der Waals surface area (Å²) in [6, 6.07) is 15.6. The van der Waals surface area contributed by atoms with E-state index in [0.29, 0.717) is 17.6 Å². The Morgan fingerprint density at radius 2 is 1.81 bits per heavy atom. The standard InChI is InChI=1S/C19H23NO/c1-20-17-13-18(19(17)10-4-5-11-19)21-16-9-8-14-6-2-3-7-15(14)12-16/h2-3,6-9,12,17-18,20H,4-5,10-11,13H2,1H3. The van der Waals surface area contributed by atoms with Crippen LogP contribution >= 0.6 is 0 Å². The highest BCUT2D eigenvalue weighted by atomic mass is 16.5. The molecule has 1 spiro atoms. The van der Waals surface area contributed by atoms with Crippen molar-refractivity contribution >= 4 is 10.8 Å². The molecule has 21 heavy (non-hydrogen) atoms. The van der Waals surface area contributed by atoms with Gasteiger partial charge in [0.25, 0.3) is 0 Å². The second-order valence-corrected chi connectivity index (χ2v) is 6.63. The van der Waals surface area contributed by atoms with Gasteiger partial charge in [0.15, 0.2) is 0 Å². The Labute approximate surface area is 126 Å². The third kappa shape index (κ3) is 2.04. The summed E-state index contributed by atoms with van der Waals surface area (Å²) in [5.74, 6) is 1.03. The third-order valence-corrected chi connectivity index (χ3v) is 5.67. The summed E-state index contributed by atoms with van der Waals surface area (Å²) in [5.41, 5.74) is 0.389. The normalized spacial score (nSPS) is 26.9. The predicted octanol–water partition coefficient (Wildman–Crippen LogP) is 4.14. The van der Waals surface area contributed by atoms with Gasteiger partial charge in [-0.3, -0.25) is 0 Å². The quantitative estimate of drug-likeness (QED) is 0.913. The molecule has 2 aromatic carbocycles. The zero-order valence-electron chi connectivity index (χ0n) is 12.6. The number of benzene rings is 2. The lowest BCUT2D eigenvalue weighted by Crippen LogP contribution is -2.63. The van der Waals surface area contributed by atoms with Crippen LogP contribution in [0.2, 0.25) is 0 Å². The number of rotatable bonds is 3. The van der Waals surface area contributed by atoms with Gasteiger partial charge >= 0.3 is 0 Å². The molecule has 1 N–H and O–H groups in total. The lowest BCUT2D eigenvalue weighted by molar-refractivity contribution is -0.0735. The van der Waals surface area contributed by atoms with E-state index in [9.17, 15) is 0 Å². The number of nitrogens with one attached hydrogen (secondary N) is 1. The lowest BCUT2D eigenvalue weighted by Gasteiger charge is -2.53. The van der Waals surface area contributed by atoms with Crippen LogP contribution in [0.4, 0.5) is 0 Å². The first-order valence-electron chi connectivity index (χ1n) is 8.14. The average molecular weight is 281 g/mol. The van der Waals surface area contributed by atoms with Crippen molar-refractivity contribution in [1.82, 2.24) is 5.32 Å². The van der Waals surface area contributed by atoms with E-state index >= 15 is 0 Å². The minimum absolute atomic E-state index is 0.388. The molecule has 4 rings (SSSR count). The van der Waals surface area contributed by atoms with Crippen LogP contribution < -0.4 is 10.1 Å². The van der Waals surface area contributed by atoms with Gasteiger partial charge in [-0.25, -0.2) is 0 Å². The number of fused-ring (bicyclic) bond motifs is 1. The van der Waals surface area contributed by atoms with E-state index in [1.54, 1.807) is 0 Å². The number of ether oxygens (including phenoxy) is 1. The molecule has 0 radical (unpaired) electrons. The van der Waals surface area contributed by atoms with Gasteiger partial charge in [0, 0.05) is 17.9 Å². The fourth-order valence-electron chi connectivity index (χ4n) is 4.43. The maximum atomic E-state index is 6.39. The summed E-state index contributed by atoms with van der Waals surface area (Å²) in [6.07, 6.45) is 6.88. The van der Waals surface area contributed by atoms with Crippen LogP contribution in [-0.4, -0.2) is 19.2 Å². The first kappa shape index (κ1) is 13.1. The van der Waals surface area contributed by atoms with E-state index < -0.39 is 0 Å². The van der Waals surface area contributed by atoms with Crippen molar-refractivity contribution < 1.29 is 4.74 Å². The van der Waals surface area contributed by atoms with Crippen molar-refractivity contribution in [1.29, 1.82) is 0 Å². The van der Waals surface area contributed by atoms with Gasteiger partial charge in [-0.1, -0.05) is 43.2 Å². The average Bonchev–Trinajstić information content (AvgIpc) is 3.03. The summed E-state index contributed by atoms with van der Waals surface area (Å²) < 4.78 is 6.39. The second kappa shape index (κ2) is 5.03. The minimum Gasteiger partial charge on any atom is -0.490 e. The molecule has 0 amide bonds. The van der Waals surface area contributed by atoms with Crippen molar-refractivity contribution in [2.75, 3.05) is 7.05 Å². The summed E-state index contributed by atoms with van der Waals surface area (Å²) in [6.45, 7) is 0. The Bertz CT molecular complexity index is 645. The summed E-state index contributed by atoms with van der Waals surface area (Å²) in [7, 11) is 2.09. The fourth-order valence-corrected chi connectivity index (χ4v) is 4.43. The smallest absolute Gasteiger partial charge is 0.120 e. The molecular formula is C19H23NO. The van der Waals surface area contributed by atoms with E-state index in [2.05, 4.69) is 54.8 Å². The third-order valence-electron chi connectivity index (χ3n) is 5.67. The Morgan fingerprint density at radius 1 is 1.05 bits per heavy atom. The van der Waals surface area contributed by atoms with Gasteiger partial charge in [-0.2, -0.15) is 0 Å². The zero-order valence-corrected chi connectivity index (χ0v) is 12.6. The molecule has 0 bridgehead atoms. The van der Waals surface area contributed by atoms with Crippen molar-refractivity contribution in [3.05, 3.63) is 42.5 Å². The van der Waals surface area contributed by atoms with Crippen LogP contribution in [0.15, 0.2) is 42.5 Å². The Morgan fingerprint density at radius 3 is 2.57 bits per heavy atom. The highest BCUT2D eigenvalue weighted by molar-refractivity contribution is 5.83. The first-order valence-corrected chi connectivity index (χ1v) is 8.14. The van der Waals surface area contributed by atoms with Crippen LogP contribution in [0.25, 0.3) is 10.8 Å². The van der Waals surface area contributed by atoms with Crippen molar-refractivity contribution in [3.63, 3.8) is 0 Å². The largest absolute Gasteiger partial charge is 0.490 e. The van der Waals surface area contributed by atoms with Crippen LogP contribution in [0, 0.1) is 5.41 Å². The van der Waals surface area contributed by atoms with Crippen molar-refractivity contribution in [2.45, 2.75) is 44.2 Å². The van der Waals surface area contributed by atoms with Gasteiger partial charge in [0.2, 0.25) is 0 Å². The lowest BCUT2D eigenvalue weighted by atomic mass is 9.60. The molecule has 2 nitrogen and oxygen atoms in total. The van der Waals surface area contributed by atoms with Gasteiger partial charge in [-0.05, 0) is 42.8 Å². The van der Waals surface area contributed by atoms with Gasteiger partial charge < -0.3 is 10.1 Å². The first-order chi connectivity index (χ1) is 10.3. The Balaban J connectivity index is 1.57. The van der Waals surface area contributed by atoms with Gasteiger partial charge in [-0.15, -0.1) is 0 Å². The van der Waals surface area contributed by atoms with E-state index in [-0.39, 0.29) is 0 Å². The molecule has 2 atom stereocenters. The second-order valence-electron chi connectivity index (χ2n) is 6.63. The Hall–Kier alpha value is -1.54. The maximum absolute atomic E-state index is 6.39. The summed E-state index contributed by atoms with van der Waals surface area (Å²) in [5, 5.41) is 6.04. The molecule has 0 aromatic heterocycles. The molecule has 2 aliphatic carbocycles. The molecule has 0 saturated heterocycles. The molecule has 0 heterocycles. The van der Waals surface area contributed by atoms with Crippen LogP contribution in [0.5, 0.6) is 5.75 Å². The number of hydrogen-bond donors (Lipinski definition) is 1. The molecule has 0 aliphatic heterocycles. The molecular weight excluding hydrogens is 258 g/mol. The van der Waals surface area contributed by atoms with Gasteiger partial charge in [0.1, 0.15) is 11.9 Å². The summed E-state index contributed by atoms with van der Waals surface area (Å²) in [4.78, 5) is 0. The van der Waals surface area contributed by atoms with Crippen LogP contribution in [0.3, 0.4) is 0 Å². The molecule has 2 fully saturated rings. The zero-order chi connectivity index (χ0) is 14.3. The maximum Gasteiger partial charge on any atom is 0.120 e. The molecule has 2 heteroatoms. The van der Waals surface area contributed by atoms with Crippen molar-refractivity contribution in [2.24, 2.45) is 5.41 Å². The van der Waals surface area contributed by atoms with Crippen molar-refractivity contribution in [3.8, 4) is 5.75 Å². The highest BCUT2D eigenvalue weighted by Crippen LogP contribution is 2.54. The van der Waals surface area contributed by atoms with E-state index in [0.717, 1.165) is 12.2 Å². The number of hydrogen-bond acceptors (Lipinski definition) is 2. The van der Waals surface area contributed by atoms with E-state index in [1.807, 2.05) is 0 Å². The highest BCUT2D eigenvalue weighted by Gasteiger charge is 2.56. The fraction of sp³-hybridized carbons (Fsp3) is 0.474. The Kier molecular flexibility index (Phi) is 3.15. The molecule has 2 unspecified atom stereocenters. The monoisotopic (exact) mass is 281 g/mol. The summed E-state index contributed by atoms with van der Waals surface area (Å²) >= 11 is 0. The SMILES string of the molecule is CNC1CC(Oc2ccc3ccccc3c2)C12CCCC2. The van der Waals surface area contributed by atoms with Crippen LogP contribution in [-0.2, 0) is 0 Å². The molecule has 110 valence electrons. The minimum atomic E-state index is 0.388. The van der Waals surface area contributed by atoms with E-state index in [1.165, 1.54) is 36.5 Å². The predicted molar refractivity (Wildman–Crippen MR) is 86.7 cm³/mol. The van der Waals surface area contributed by atoms with Gasteiger partial charge in [0.05, 0.1) is 0 Å². The molecule has 2 aromatic rings. The molecule has 2 saturated carbocycles.